The summed E-state index contributed by atoms with van der Waals surface area (Å²) in [5, 5.41) is 2.64. The minimum Gasteiger partial charge on any atom is -0.293 e. The molecular formula is C14H15N3O3S. The van der Waals surface area contributed by atoms with E-state index in [-0.39, 0.29) is 11.5 Å². The number of carbonyl (C=O) groups is 1. The Morgan fingerprint density at radius 3 is 2.67 bits per heavy atom. The fourth-order valence-electron chi connectivity index (χ4n) is 1.72. The lowest BCUT2D eigenvalue weighted by atomic mass is 10.0. The number of aromatic amines is 1. The maximum Gasteiger partial charge on any atom is 0.339 e. The highest BCUT2D eigenvalue weighted by Crippen LogP contribution is 2.16. The molecule has 2 rings (SSSR count). The summed E-state index contributed by atoms with van der Waals surface area (Å²) in [5.74, 6) is 0.0954. The van der Waals surface area contributed by atoms with Crippen LogP contribution in [0.1, 0.15) is 21.5 Å². The lowest BCUT2D eigenvalue weighted by molar-refractivity contribution is 0.102. The van der Waals surface area contributed by atoms with Crippen molar-refractivity contribution in [3.05, 3.63) is 55.6 Å². The minimum atomic E-state index is -0.853. The Labute approximate surface area is 125 Å². The zero-order valence-corrected chi connectivity index (χ0v) is 12.8. The van der Waals surface area contributed by atoms with E-state index >= 15 is 0 Å². The Kier molecular flexibility index (Phi) is 4.42. The van der Waals surface area contributed by atoms with Gasteiger partial charge in [0.25, 0.3) is 0 Å². The predicted molar refractivity (Wildman–Crippen MR) is 81.1 cm³/mol. The van der Waals surface area contributed by atoms with Gasteiger partial charge in [0, 0.05) is 12.6 Å². The second-order valence-corrected chi connectivity index (χ2v) is 5.65. The van der Waals surface area contributed by atoms with Crippen molar-refractivity contribution >= 4 is 17.5 Å². The third-order valence-corrected chi connectivity index (χ3v) is 4.14. The molecule has 0 saturated heterocycles. The first-order valence-electron chi connectivity index (χ1n) is 6.29. The molecule has 0 atom stereocenters. The Morgan fingerprint density at radius 2 is 2.00 bits per heavy atom. The van der Waals surface area contributed by atoms with Crippen molar-refractivity contribution in [3.63, 3.8) is 0 Å². The highest BCUT2D eigenvalue weighted by Gasteiger charge is 2.11. The molecule has 0 aliphatic rings. The molecule has 0 radical (unpaired) electrons. The molecule has 1 aromatic carbocycles. The van der Waals surface area contributed by atoms with Crippen molar-refractivity contribution in [1.82, 2.24) is 14.8 Å². The SMILES string of the molecule is Cc1ccc(C(=O)CSc2nc(=O)c(=O)[nH]n2C)cc1C. The van der Waals surface area contributed by atoms with Crippen LogP contribution < -0.4 is 11.1 Å². The molecule has 0 fully saturated rings. The molecule has 6 nitrogen and oxygen atoms in total. The number of nitrogens with one attached hydrogen (secondary N) is 1. The molecule has 0 spiro atoms. The first kappa shape index (κ1) is 15.2. The third-order valence-electron chi connectivity index (χ3n) is 3.11. The standard InChI is InChI=1S/C14H15N3O3S/c1-8-4-5-10(6-9(8)2)11(18)7-21-14-15-12(19)13(20)16-17(14)3/h4-6H,7H2,1-3H3,(H,16,20). The second-order valence-electron chi connectivity index (χ2n) is 4.71. The van der Waals surface area contributed by atoms with Crippen LogP contribution in [0.5, 0.6) is 0 Å². The van der Waals surface area contributed by atoms with Crippen LogP contribution in [0.15, 0.2) is 32.9 Å². The maximum absolute atomic E-state index is 12.1. The molecule has 0 amide bonds. The van der Waals surface area contributed by atoms with Gasteiger partial charge in [0.1, 0.15) is 0 Å². The molecule has 0 bridgehead atoms. The van der Waals surface area contributed by atoms with Crippen LogP contribution in [0.2, 0.25) is 0 Å². The quantitative estimate of drug-likeness (QED) is 0.519. The number of nitrogens with zero attached hydrogens (tertiary/aromatic N) is 2. The van der Waals surface area contributed by atoms with Crippen LogP contribution in [0.4, 0.5) is 0 Å². The summed E-state index contributed by atoms with van der Waals surface area (Å²) < 4.78 is 1.34. The molecule has 2 aromatic rings. The molecule has 1 heterocycles. The monoisotopic (exact) mass is 305 g/mol. The summed E-state index contributed by atoms with van der Waals surface area (Å²) >= 11 is 1.12. The number of benzene rings is 1. The van der Waals surface area contributed by atoms with Crippen LogP contribution in [0.25, 0.3) is 0 Å². The van der Waals surface area contributed by atoms with Gasteiger partial charge in [-0.2, -0.15) is 4.98 Å². The Hall–Kier alpha value is -2.15. The Morgan fingerprint density at radius 1 is 1.29 bits per heavy atom. The van der Waals surface area contributed by atoms with Gasteiger partial charge in [-0.1, -0.05) is 23.9 Å². The first-order valence-corrected chi connectivity index (χ1v) is 7.27. The van der Waals surface area contributed by atoms with E-state index in [4.69, 9.17) is 0 Å². The molecule has 0 aliphatic heterocycles. The van der Waals surface area contributed by atoms with E-state index in [1.165, 1.54) is 4.68 Å². The molecule has 1 N–H and O–H groups in total. The van der Waals surface area contributed by atoms with Gasteiger partial charge >= 0.3 is 11.1 Å². The fourth-order valence-corrected chi connectivity index (χ4v) is 2.53. The van der Waals surface area contributed by atoms with E-state index in [0.717, 1.165) is 22.9 Å². The van der Waals surface area contributed by atoms with Crippen molar-refractivity contribution in [2.45, 2.75) is 19.0 Å². The van der Waals surface area contributed by atoms with Crippen molar-refractivity contribution in [3.8, 4) is 0 Å². The summed E-state index contributed by atoms with van der Waals surface area (Å²) in [4.78, 5) is 38.1. The molecule has 21 heavy (non-hydrogen) atoms. The van der Waals surface area contributed by atoms with Crippen molar-refractivity contribution in [2.75, 3.05) is 5.75 Å². The van der Waals surface area contributed by atoms with E-state index in [0.29, 0.717) is 10.7 Å². The lowest BCUT2D eigenvalue weighted by Gasteiger charge is -2.06. The fraction of sp³-hybridized carbons (Fsp3) is 0.286. The number of thioether (sulfide) groups is 1. The molecular weight excluding hydrogens is 290 g/mol. The lowest BCUT2D eigenvalue weighted by Crippen LogP contribution is -2.34. The van der Waals surface area contributed by atoms with Crippen LogP contribution in [0, 0.1) is 13.8 Å². The van der Waals surface area contributed by atoms with Crippen LogP contribution in [-0.2, 0) is 7.05 Å². The predicted octanol–water partition coefficient (Wildman–Crippen LogP) is 1.06. The number of Topliss-reactive ketones (excluding diaryl/α,β-unsaturated/α-hetero) is 1. The maximum atomic E-state index is 12.1. The largest absolute Gasteiger partial charge is 0.339 e. The van der Waals surface area contributed by atoms with E-state index in [1.807, 2.05) is 26.0 Å². The third kappa shape index (κ3) is 3.49. The van der Waals surface area contributed by atoms with Crippen molar-refractivity contribution in [1.29, 1.82) is 0 Å². The van der Waals surface area contributed by atoms with Crippen molar-refractivity contribution in [2.24, 2.45) is 7.05 Å². The smallest absolute Gasteiger partial charge is 0.293 e. The summed E-state index contributed by atoms with van der Waals surface area (Å²) in [5.41, 5.74) is 1.18. The minimum absolute atomic E-state index is 0.0523. The van der Waals surface area contributed by atoms with Gasteiger partial charge in [-0.15, -0.1) is 0 Å². The molecule has 0 aliphatic carbocycles. The van der Waals surface area contributed by atoms with Gasteiger partial charge in [-0.25, -0.2) is 0 Å². The number of aromatic nitrogens is 3. The van der Waals surface area contributed by atoms with Crippen LogP contribution in [0.3, 0.4) is 0 Å². The number of rotatable bonds is 4. The molecule has 1 aromatic heterocycles. The van der Waals surface area contributed by atoms with Gasteiger partial charge < -0.3 is 0 Å². The average Bonchev–Trinajstić information content (AvgIpc) is 2.44. The summed E-state index contributed by atoms with van der Waals surface area (Å²) in [6, 6.07) is 5.53. The number of aryl methyl sites for hydroxylation is 3. The molecule has 110 valence electrons. The Bertz CT molecular complexity index is 808. The zero-order valence-electron chi connectivity index (χ0n) is 12.0. The van der Waals surface area contributed by atoms with Crippen LogP contribution >= 0.6 is 11.8 Å². The Balaban J connectivity index is 2.14. The van der Waals surface area contributed by atoms with Gasteiger partial charge in [0.05, 0.1) is 5.75 Å². The van der Waals surface area contributed by atoms with E-state index < -0.39 is 11.1 Å². The number of carbonyl (C=O) groups excluding carboxylic acids is 1. The number of hydrogen-bond donors (Lipinski definition) is 1. The summed E-state index contributed by atoms with van der Waals surface area (Å²) in [6.45, 7) is 3.94. The molecule has 7 heteroatoms. The zero-order chi connectivity index (χ0) is 15.6. The van der Waals surface area contributed by atoms with Crippen molar-refractivity contribution < 1.29 is 4.79 Å². The number of H-pyrrole nitrogens is 1. The highest BCUT2D eigenvalue weighted by atomic mass is 32.2. The van der Waals surface area contributed by atoms with Gasteiger partial charge in [0.15, 0.2) is 10.9 Å². The van der Waals surface area contributed by atoms with E-state index in [2.05, 4.69) is 10.1 Å². The molecule has 0 unspecified atom stereocenters. The number of hydrogen-bond acceptors (Lipinski definition) is 5. The summed E-state index contributed by atoms with van der Waals surface area (Å²) in [6.07, 6.45) is 0. The van der Waals surface area contributed by atoms with Gasteiger partial charge in [-0.05, 0) is 31.0 Å². The first-order chi connectivity index (χ1) is 9.88. The number of ketones is 1. The van der Waals surface area contributed by atoms with Crippen LogP contribution in [-0.4, -0.2) is 26.3 Å². The topological polar surface area (TPSA) is 84.8 Å². The molecule has 0 saturated carbocycles. The van der Waals surface area contributed by atoms with Gasteiger partial charge in [-0.3, -0.25) is 24.2 Å². The second kappa shape index (κ2) is 6.09. The summed E-state index contributed by atoms with van der Waals surface area (Å²) in [7, 11) is 1.57. The average molecular weight is 305 g/mol. The van der Waals surface area contributed by atoms with Gasteiger partial charge in [0.2, 0.25) is 0 Å². The van der Waals surface area contributed by atoms with E-state index in [1.54, 1.807) is 13.1 Å². The normalized spacial score (nSPS) is 10.6. The van der Waals surface area contributed by atoms with E-state index in [9.17, 15) is 14.4 Å². The highest BCUT2D eigenvalue weighted by molar-refractivity contribution is 7.99.